The van der Waals surface area contributed by atoms with E-state index in [1.165, 1.54) is 12.1 Å². The molecule has 7 heteroatoms. The number of nitrogens with zero attached hydrogens (tertiary/aromatic N) is 3. The third kappa shape index (κ3) is 4.13. The van der Waals surface area contributed by atoms with E-state index in [0.717, 1.165) is 5.56 Å². The van der Waals surface area contributed by atoms with Gasteiger partial charge in [-0.3, -0.25) is 19.7 Å². The van der Waals surface area contributed by atoms with Gasteiger partial charge >= 0.3 is 0 Å². The summed E-state index contributed by atoms with van der Waals surface area (Å²) in [4.78, 5) is 40.0. The molecular formula is C22H25N3O4. The molecule has 0 unspecified atom stereocenters. The number of carbonyl (C=O) groups is 2. The van der Waals surface area contributed by atoms with E-state index in [9.17, 15) is 19.7 Å². The Kier molecular flexibility index (Phi) is 5.68. The zero-order chi connectivity index (χ0) is 21.2. The summed E-state index contributed by atoms with van der Waals surface area (Å²) >= 11 is 0. The topological polar surface area (TPSA) is 83.8 Å². The van der Waals surface area contributed by atoms with Crippen LogP contribution in [0.1, 0.15) is 35.3 Å². The predicted octanol–water partition coefficient (Wildman–Crippen LogP) is 3.17. The highest BCUT2D eigenvalue weighted by molar-refractivity contribution is 5.96. The highest BCUT2D eigenvalue weighted by Crippen LogP contribution is 2.26. The average molecular weight is 395 g/mol. The molecule has 2 aromatic rings. The van der Waals surface area contributed by atoms with E-state index < -0.39 is 10.3 Å². The van der Waals surface area contributed by atoms with Gasteiger partial charge in [0.05, 0.1) is 10.3 Å². The average Bonchev–Trinajstić information content (AvgIpc) is 2.73. The zero-order valence-corrected chi connectivity index (χ0v) is 16.9. The molecule has 7 nitrogen and oxygen atoms in total. The van der Waals surface area contributed by atoms with Crippen molar-refractivity contribution >= 4 is 17.5 Å². The number of carbonyl (C=O) groups excluding carboxylic acids is 2. The Labute approximate surface area is 170 Å². The van der Waals surface area contributed by atoms with Crippen LogP contribution in [0.5, 0.6) is 0 Å². The van der Waals surface area contributed by atoms with Crippen molar-refractivity contribution in [1.82, 2.24) is 9.80 Å². The van der Waals surface area contributed by atoms with Gasteiger partial charge < -0.3 is 9.80 Å². The van der Waals surface area contributed by atoms with E-state index in [0.29, 0.717) is 37.3 Å². The maximum Gasteiger partial charge on any atom is 0.270 e. The van der Waals surface area contributed by atoms with Crippen LogP contribution >= 0.6 is 0 Å². The summed E-state index contributed by atoms with van der Waals surface area (Å²) in [6, 6.07) is 14.0. The van der Waals surface area contributed by atoms with Crippen LogP contribution in [0.4, 0.5) is 5.69 Å². The van der Waals surface area contributed by atoms with Crippen LogP contribution in [0.25, 0.3) is 0 Å². The summed E-state index contributed by atoms with van der Waals surface area (Å²) in [5.41, 5.74) is 1.24. The van der Waals surface area contributed by atoms with Crippen LogP contribution < -0.4 is 0 Å². The van der Waals surface area contributed by atoms with Gasteiger partial charge in [0.15, 0.2) is 0 Å². The molecule has 3 rings (SSSR count). The molecule has 0 saturated carbocycles. The maximum absolute atomic E-state index is 13.1. The molecule has 0 atom stereocenters. The first-order chi connectivity index (χ1) is 13.7. The standard InChI is InChI=1S/C22H25N3O4/c1-16-9-10-18(25(28)29)15-19(16)20(26)23-11-13-24(14-12-23)21(27)22(2,3)17-7-5-4-6-8-17/h4-10,15H,11-14H2,1-3H3. The Morgan fingerprint density at radius 3 is 2.14 bits per heavy atom. The fourth-order valence-corrected chi connectivity index (χ4v) is 3.61. The number of aryl methyl sites for hydroxylation is 1. The number of nitro benzene ring substituents is 1. The van der Waals surface area contributed by atoms with Gasteiger partial charge in [0.1, 0.15) is 0 Å². The van der Waals surface area contributed by atoms with Crippen molar-refractivity contribution < 1.29 is 14.5 Å². The van der Waals surface area contributed by atoms with Gasteiger partial charge in [0.25, 0.3) is 11.6 Å². The minimum atomic E-state index is -0.649. The normalized spacial score (nSPS) is 14.6. The van der Waals surface area contributed by atoms with Crippen molar-refractivity contribution in [3.8, 4) is 0 Å². The van der Waals surface area contributed by atoms with Crippen molar-refractivity contribution in [3.63, 3.8) is 0 Å². The van der Waals surface area contributed by atoms with Crippen LogP contribution in [0, 0.1) is 17.0 Å². The smallest absolute Gasteiger partial charge is 0.270 e. The number of amides is 2. The van der Waals surface area contributed by atoms with Gasteiger partial charge in [-0.1, -0.05) is 36.4 Å². The number of hydrogen-bond acceptors (Lipinski definition) is 4. The second-order valence-corrected chi connectivity index (χ2v) is 7.83. The van der Waals surface area contributed by atoms with E-state index in [1.807, 2.05) is 44.2 Å². The Balaban J connectivity index is 1.69. The Morgan fingerprint density at radius 2 is 1.55 bits per heavy atom. The van der Waals surface area contributed by atoms with Crippen LogP contribution in [-0.2, 0) is 10.2 Å². The fourth-order valence-electron chi connectivity index (χ4n) is 3.61. The summed E-state index contributed by atoms with van der Waals surface area (Å²) < 4.78 is 0. The second-order valence-electron chi connectivity index (χ2n) is 7.83. The monoisotopic (exact) mass is 395 g/mol. The Bertz CT molecular complexity index is 932. The molecule has 1 aliphatic heterocycles. The lowest BCUT2D eigenvalue weighted by Gasteiger charge is -2.39. The molecule has 1 saturated heterocycles. The number of non-ortho nitro benzene ring substituents is 1. The lowest BCUT2D eigenvalue weighted by Crippen LogP contribution is -2.54. The highest BCUT2D eigenvalue weighted by atomic mass is 16.6. The van der Waals surface area contributed by atoms with E-state index >= 15 is 0 Å². The molecule has 0 spiro atoms. The van der Waals surface area contributed by atoms with Crippen molar-refractivity contribution in [2.24, 2.45) is 0 Å². The first kappa shape index (κ1) is 20.5. The highest BCUT2D eigenvalue weighted by Gasteiger charge is 2.36. The molecule has 0 N–H and O–H groups in total. The number of nitro groups is 1. The zero-order valence-electron chi connectivity index (χ0n) is 16.9. The van der Waals surface area contributed by atoms with Crippen LogP contribution in [-0.4, -0.2) is 52.7 Å². The molecule has 0 aliphatic carbocycles. The summed E-state index contributed by atoms with van der Waals surface area (Å²) in [7, 11) is 0. The first-order valence-electron chi connectivity index (χ1n) is 9.61. The van der Waals surface area contributed by atoms with Crippen LogP contribution in [0.3, 0.4) is 0 Å². The third-order valence-electron chi connectivity index (χ3n) is 5.55. The molecule has 0 aromatic heterocycles. The summed E-state index contributed by atoms with van der Waals surface area (Å²) in [6.07, 6.45) is 0. The molecule has 0 radical (unpaired) electrons. The fraction of sp³-hybridized carbons (Fsp3) is 0.364. The molecule has 1 aliphatic rings. The molecule has 0 bridgehead atoms. The van der Waals surface area contributed by atoms with Crippen LogP contribution in [0.15, 0.2) is 48.5 Å². The van der Waals surface area contributed by atoms with Gasteiger partial charge in [0, 0.05) is 43.9 Å². The quantitative estimate of drug-likeness (QED) is 0.588. The van der Waals surface area contributed by atoms with Gasteiger partial charge in [-0.05, 0) is 31.9 Å². The molecule has 152 valence electrons. The maximum atomic E-state index is 13.1. The van der Waals surface area contributed by atoms with Gasteiger partial charge in [0.2, 0.25) is 5.91 Å². The predicted molar refractivity (Wildman–Crippen MR) is 110 cm³/mol. The number of rotatable bonds is 4. The summed E-state index contributed by atoms with van der Waals surface area (Å²) in [5, 5.41) is 11.0. The van der Waals surface area contributed by atoms with Gasteiger partial charge in [-0.2, -0.15) is 0 Å². The Morgan fingerprint density at radius 1 is 0.966 bits per heavy atom. The minimum Gasteiger partial charge on any atom is -0.338 e. The number of benzene rings is 2. The third-order valence-corrected chi connectivity index (χ3v) is 5.55. The second kappa shape index (κ2) is 8.03. The van der Waals surface area contributed by atoms with E-state index in [1.54, 1.807) is 22.8 Å². The minimum absolute atomic E-state index is 0.0299. The lowest BCUT2D eigenvalue weighted by molar-refractivity contribution is -0.384. The summed E-state index contributed by atoms with van der Waals surface area (Å²) in [6.45, 7) is 7.27. The molecule has 1 heterocycles. The molecule has 2 aromatic carbocycles. The van der Waals surface area contributed by atoms with Crippen molar-refractivity contribution in [1.29, 1.82) is 0 Å². The SMILES string of the molecule is Cc1ccc([N+](=O)[O-])cc1C(=O)N1CCN(C(=O)C(C)(C)c2ccccc2)CC1. The van der Waals surface area contributed by atoms with Crippen LogP contribution in [0.2, 0.25) is 0 Å². The van der Waals surface area contributed by atoms with Gasteiger partial charge in [-0.15, -0.1) is 0 Å². The van der Waals surface area contributed by atoms with E-state index in [4.69, 9.17) is 0 Å². The lowest BCUT2D eigenvalue weighted by atomic mass is 9.83. The molecular weight excluding hydrogens is 370 g/mol. The van der Waals surface area contributed by atoms with Crippen molar-refractivity contribution in [3.05, 3.63) is 75.3 Å². The molecule has 29 heavy (non-hydrogen) atoms. The van der Waals surface area contributed by atoms with E-state index in [-0.39, 0.29) is 17.5 Å². The van der Waals surface area contributed by atoms with E-state index in [2.05, 4.69) is 0 Å². The number of hydrogen-bond donors (Lipinski definition) is 0. The van der Waals surface area contributed by atoms with Crippen molar-refractivity contribution in [2.75, 3.05) is 26.2 Å². The van der Waals surface area contributed by atoms with Crippen molar-refractivity contribution in [2.45, 2.75) is 26.2 Å². The first-order valence-corrected chi connectivity index (χ1v) is 9.61. The number of piperazine rings is 1. The molecule has 2 amide bonds. The summed E-state index contributed by atoms with van der Waals surface area (Å²) in [5.74, 6) is -0.206. The molecule has 1 fully saturated rings. The van der Waals surface area contributed by atoms with Gasteiger partial charge in [-0.25, -0.2) is 0 Å². The largest absolute Gasteiger partial charge is 0.338 e. The Hall–Kier alpha value is -3.22.